The second-order valence-electron chi connectivity index (χ2n) is 6.55. The second kappa shape index (κ2) is 6.13. The highest BCUT2D eigenvalue weighted by atomic mass is 16.3. The molecule has 0 saturated heterocycles. The molecule has 0 spiro atoms. The smallest absolute Gasteiger partial charge is 0.270 e. The SMILES string of the molecule is Cc1ccc2cc(C(=O)N(C)C3CCC(CO)CC3)[nH]c2c1. The molecule has 0 atom stereocenters. The van der Waals surface area contributed by atoms with E-state index in [9.17, 15) is 9.90 Å². The van der Waals surface area contributed by atoms with Crippen molar-refractivity contribution < 1.29 is 9.90 Å². The molecule has 1 saturated carbocycles. The van der Waals surface area contributed by atoms with Crippen LogP contribution in [0.1, 0.15) is 41.7 Å². The zero-order valence-corrected chi connectivity index (χ0v) is 13.3. The van der Waals surface area contributed by atoms with Crippen molar-refractivity contribution in [2.75, 3.05) is 13.7 Å². The Hall–Kier alpha value is -1.81. The predicted octanol–water partition coefficient (Wildman–Crippen LogP) is 3.10. The average Bonchev–Trinajstić information content (AvgIpc) is 2.96. The molecule has 1 heterocycles. The number of aliphatic hydroxyl groups excluding tert-OH is 1. The van der Waals surface area contributed by atoms with Crippen LogP contribution in [0.4, 0.5) is 0 Å². The first-order valence-corrected chi connectivity index (χ1v) is 8.06. The summed E-state index contributed by atoms with van der Waals surface area (Å²) in [6.07, 6.45) is 3.97. The lowest BCUT2D eigenvalue weighted by molar-refractivity contribution is 0.0648. The minimum Gasteiger partial charge on any atom is -0.396 e. The largest absolute Gasteiger partial charge is 0.396 e. The van der Waals surface area contributed by atoms with Gasteiger partial charge < -0.3 is 15.0 Å². The molecule has 3 rings (SSSR count). The highest BCUT2D eigenvalue weighted by molar-refractivity contribution is 5.98. The Labute approximate surface area is 131 Å². The maximum absolute atomic E-state index is 12.7. The van der Waals surface area contributed by atoms with Gasteiger partial charge in [0, 0.05) is 30.6 Å². The molecule has 0 radical (unpaired) electrons. The van der Waals surface area contributed by atoms with Crippen LogP contribution in [0.15, 0.2) is 24.3 Å². The summed E-state index contributed by atoms with van der Waals surface area (Å²) in [7, 11) is 1.89. The number of aromatic amines is 1. The zero-order valence-electron chi connectivity index (χ0n) is 13.3. The number of hydrogen-bond donors (Lipinski definition) is 2. The molecule has 2 aromatic rings. The van der Waals surface area contributed by atoms with Gasteiger partial charge in [-0.2, -0.15) is 0 Å². The number of amides is 1. The summed E-state index contributed by atoms with van der Waals surface area (Å²) in [6.45, 7) is 2.32. The van der Waals surface area contributed by atoms with E-state index < -0.39 is 0 Å². The van der Waals surface area contributed by atoms with Crippen molar-refractivity contribution in [3.05, 3.63) is 35.5 Å². The molecule has 0 bridgehead atoms. The van der Waals surface area contributed by atoms with Gasteiger partial charge in [0.05, 0.1) is 0 Å². The van der Waals surface area contributed by atoms with Crippen molar-refractivity contribution in [3.8, 4) is 0 Å². The molecule has 1 amide bonds. The van der Waals surface area contributed by atoms with Crippen LogP contribution >= 0.6 is 0 Å². The van der Waals surface area contributed by atoms with Gasteiger partial charge in [-0.15, -0.1) is 0 Å². The van der Waals surface area contributed by atoms with Gasteiger partial charge in [-0.25, -0.2) is 0 Å². The number of rotatable bonds is 3. The third-order valence-electron chi connectivity index (χ3n) is 4.95. The number of nitrogens with one attached hydrogen (secondary N) is 1. The Morgan fingerprint density at radius 3 is 2.68 bits per heavy atom. The maximum atomic E-state index is 12.7. The summed E-state index contributed by atoms with van der Waals surface area (Å²) in [5.41, 5.74) is 2.86. The van der Waals surface area contributed by atoms with E-state index in [0.717, 1.165) is 36.6 Å². The molecular weight excluding hydrogens is 276 g/mol. The lowest BCUT2D eigenvalue weighted by Crippen LogP contribution is -2.40. The van der Waals surface area contributed by atoms with Crippen LogP contribution in [0.2, 0.25) is 0 Å². The Morgan fingerprint density at radius 1 is 1.27 bits per heavy atom. The summed E-state index contributed by atoms with van der Waals surface area (Å²) < 4.78 is 0. The van der Waals surface area contributed by atoms with Crippen molar-refractivity contribution in [1.29, 1.82) is 0 Å². The van der Waals surface area contributed by atoms with Gasteiger partial charge in [0.2, 0.25) is 0 Å². The summed E-state index contributed by atoms with van der Waals surface area (Å²) in [5.74, 6) is 0.470. The maximum Gasteiger partial charge on any atom is 0.270 e. The molecule has 1 aromatic carbocycles. The van der Waals surface area contributed by atoms with E-state index in [1.165, 1.54) is 5.56 Å². The van der Waals surface area contributed by atoms with Crippen LogP contribution in [0.5, 0.6) is 0 Å². The number of nitrogens with zero attached hydrogens (tertiary/aromatic N) is 1. The average molecular weight is 300 g/mol. The van der Waals surface area contributed by atoms with Crippen LogP contribution in [0.3, 0.4) is 0 Å². The molecule has 4 heteroatoms. The van der Waals surface area contributed by atoms with Gasteiger partial charge in [-0.3, -0.25) is 4.79 Å². The summed E-state index contributed by atoms with van der Waals surface area (Å²) in [6, 6.07) is 8.39. The van der Waals surface area contributed by atoms with Crippen LogP contribution in [-0.2, 0) is 0 Å². The van der Waals surface area contributed by atoms with Crippen molar-refractivity contribution >= 4 is 16.8 Å². The lowest BCUT2D eigenvalue weighted by atomic mass is 9.86. The Balaban J connectivity index is 1.74. The van der Waals surface area contributed by atoms with Gasteiger partial charge in [0.1, 0.15) is 5.69 Å². The number of aryl methyl sites for hydroxylation is 1. The van der Waals surface area contributed by atoms with Crippen molar-refractivity contribution in [2.45, 2.75) is 38.6 Å². The van der Waals surface area contributed by atoms with Crippen LogP contribution < -0.4 is 0 Å². The highest BCUT2D eigenvalue weighted by Gasteiger charge is 2.27. The summed E-state index contributed by atoms with van der Waals surface area (Å²) in [5, 5.41) is 10.3. The van der Waals surface area contributed by atoms with Gasteiger partial charge in [0.25, 0.3) is 5.91 Å². The Morgan fingerprint density at radius 2 is 2.00 bits per heavy atom. The first-order chi connectivity index (χ1) is 10.6. The molecule has 0 aliphatic heterocycles. The van der Waals surface area contributed by atoms with E-state index in [0.29, 0.717) is 11.6 Å². The number of aliphatic hydroxyl groups is 1. The standard InChI is InChI=1S/C18H24N2O2/c1-12-3-6-14-10-17(19-16(14)9-12)18(22)20(2)15-7-4-13(11-21)5-8-15/h3,6,9-10,13,15,19,21H,4-5,7-8,11H2,1-2H3. The quantitative estimate of drug-likeness (QED) is 0.915. The molecular formula is C18H24N2O2. The van der Waals surface area contributed by atoms with E-state index in [1.54, 1.807) is 0 Å². The first-order valence-electron chi connectivity index (χ1n) is 8.06. The fourth-order valence-corrected chi connectivity index (χ4v) is 3.43. The van der Waals surface area contributed by atoms with E-state index in [-0.39, 0.29) is 18.6 Å². The number of carbonyl (C=O) groups excluding carboxylic acids is 1. The number of aromatic nitrogens is 1. The number of benzene rings is 1. The molecule has 1 fully saturated rings. The summed E-state index contributed by atoms with van der Waals surface area (Å²) >= 11 is 0. The van der Waals surface area contributed by atoms with Crippen LogP contribution in [0.25, 0.3) is 10.9 Å². The number of H-pyrrole nitrogens is 1. The summed E-state index contributed by atoms with van der Waals surface area (Å²) in [4.78, 5) is 17.8. The molecule has 118 valence electrons. The first kappa shape index (κ1) is 15.1. The van der Waals surface area contributed by atoms with E-state index in [1.807, 2.05) is 31.0 Å². The molecule has 22 heavy (non-hydrogen) atoms. The van der Waals surface area contributed by atoms with Gasteiger partial charge >= 0.3 is 0 Å². The third kappa shape index (κ3) is 2.88. The molecule has 1 aliphatic rings. The van der Waals surface area contributed by atoms with Crippen molar-refractivity contribution in [3.63, 3.8) is 0 Å². The van der Waals surface area contributed by atoms with E-state index in [2.05, 4.69) is 17.1 Å². The molecule has 1 aromatic heterocycles. The second-order valence-corrected chi connectivity index (χ2v) is 6.55. The van der Waals surface area contributed by atoms with Crippen molar-refractivity contribution in [2.24, 2.45) is 5.92 Å². The zero-order chi connectivity index (χ0) is 15.7. The monoisotopic (exact) mass is 300 g/mol. The van der Waals surface area contributed by atoms with Crippen LogP contribution in [-0.4, -0.2) is 40.6 Å². The lowest BCUT2D eigenvalue weighted by Gasteiger charge is -2.33. The Kier molecular flexibility index (Phi) is 4.21. The fraction of sp³-hybridized carbons (Fsp3) is 0.500. The minimum absolute atomic E-state index is 0.0568. The van der Waals surface area contributed by atoms with Crippen molar-refractivity contribution in [1.82, 2.24) is 9.88 Å². The fourth-order valence-electron chi connectivity index (χ4n) is 3.43. The highest BCUT2D eigenvalue weighted by Crippen LogP contribution is 2.27. The van der Waals surface area contributed by atoms with Gasteiger partial charge in [-0.05, 0) is 56.2 Å². The predicted molar refractivity (Wildman–Crippen MR) is 88.0 cm³/mol. The third-order valence-corrected chi connectivity index (χ3v) is 4.95. The van der Waals surface area contributed by atoms with E-state index >= 15 is 0 Å². The number of fused-ring (bicyclic) bond motifs is 1. The topological polar surface area (TPSA) is 56.3 Å². The van der Waals surface area contributed by atoms with E-state index in [4.69, 9.17) is 0 Å². The van der Waals surface area contributed by atoms with Crippen LogP contribution in [0, 0.1) is 12.8 Å². The molecule has 2 N–H and O–H groups in total. The minimum atomic E-state index is 0.0568. The number of hydrogen-bond acceptors (Lipinski definition) is 2. The van der Waals surface area contributed by atoms with Gasteiger partial charge in [0.15, 0.2) is 0 Å². The number of carbonyl (C=O) groups is 1. The normalized spacial score (nSPS) is 22.0. The Bertz CT molecular complexity index is 669. The van der Waals surface area contributed by atoms with Gasteiger partial charge in [-0.1, -0.05) is 12.1 Å². The molecule has 1 aliphatic carbocycles. The molecule has 4 nitrogen and oxygen atoms in total. The molecule has 0 unspecified atom stereocenters.